The number of hydrogen-bond donors (Lipinski definition) is 2. The average Bonchev–Trinajstić information content (AvgIpc) is 2.27. The highest BCUT2D eigenvalue weighted by molar-refractivity contribution is 5.82. The third kappa shape index (κ3) is 1.98. The minimum Gasteiger partial charge on any atom is -0.467 e. The van der Waals surface area contributed by atoms with Crippen molar-refractivity contribution in [2.45, 2.75) is 5.54 Å². The fourth-order valence-electron chi connectivity index (χ4n) is 1.26. The molecule has 0 heterocycles. The van der Waals surface area contributed by atoms with Crippen molar-refractivity contribution in [3.05, 3.63) is 35.6 Å². The van der Waals surface area contributed by atoms with E-state index in [0.717, 1.165) is 13.2 Å². The molecule has 1 aromatic rings. The number of aliphatic hydroxyl groups excluding tert-OH is 1. The van der Waals surface area contributed by atoms with Crippen LogP contribution in [-0.2, 0) is 15.1 Å². The summed E-state index contributed by atoms with van der Waals surface area (Å²) in [7, 11) is 1.13. The third-order valence-corrected chi connectivity index (χ3v) is 2.15. The summed E-state index contributed by atoms with van der Waals surface area (Å²) in [4.78, 5) is 11.3. The van der Waals surface area contributed by atoms with Crippen LogP contribution >= 0.6 is 0 Å². The SMILES string of the molecule is COC(=O)C(N)(CO)c1ccccc1F. The maximum absolute atomic E-state index is 13.4. The van der Waals surface area contributed by atoms with Crippen LogP contribution in [0.4, 0.5) is 4.39 Å². The Morgan fingerprint density at radius 2 is 2.20 bits per heavy atom. The number of methoxy groups -OCH3 is 1. The molecule has 3 N–H and O–H groups in total. The van der Waals surface area contributed by atoms with Gasteiger partial charge in [0.15, 0.2) is 5.54 Å². The average molecular weight is 213 g/mol. The normalized spacial score (nSPS) is 14.4. The van der Waals surface area contributed by atoms with Gasteiger partial charge in [-0.25, -0.2) is 9.18 Å². The van der Waals surface area contributed by atoms with Crippen molar-refractivity contribution in [1.29, 1.82) is 0 Å². The van der Waals surface area contributed by atoms with Crippen LogP contribution in [0.1, 0.15) is 5.56 Å². The van der Waals surface area contributed by atoms with Crippen LogP contribution in [0.3, 0.4) is 0 Å². The molecular formula is C10H12FNO3. The van der Waals surface area contributed by atoms with Gasteiger partial charge in [-0.2, -0.15) is 0 Å². The summed E-state index contributed by atoms with van der Waals surface area (Å²) >= 11 is 0. The van der Waals surface area contributed by atoms with Crippen LogP contribution in [0.5, 0.6) is 0 Å². The van der Waals surface area contributed by atoms with E-state index in [9.17, 15) is 9.18 Å². The molecule has 1 aromatic carbocycles. The first kappa shape index (κ1) is 11.6. The highest BCUT2D eigenvalue weighted by Gasteiger charge is 2.38. The van der Waals surface area contributed by atoms with Crippen LogP contribution in [-0.4, -0.2) is 24.8 Å². The summed E-state index contributed by atoms with van der Waals surface area (Å²) < 4.78 is 17.8. The van der Waals surface area contributed by atoms with E-state index in [0.29, 0.717) is 0 Å². The van der Waals surface area contributed by atoms with E-state index >= 15 is 0 Å². The molecular weight excluding hydrogens is 201 g/mol. The van der Waals surface area contributed by atoms with E-state index in [1.54, 1.807) is 0 Å². The number of carbonyl (C=O) groups is 1. The predicted molar refractivity (Wildman–Crippen MR) is 51.4 cm³/mol. The predicted octanol–water partition coefficient (Wildman–Crippen LogP) is 0.145. The van der Waals surface area contributed by atoms with Crippen molar-refractivity contribution in [1.82, 2.24) is 0 Å². The van der Waals surface area contributed by atoms with Crippen molar-refractivity contribution in [3.8, 4) is 0 Å². The topological polar surface area (TPSA) is 72.5 Å². The van der Waals surface area contributed by atoms with E-state index in [1.165, 1.54) is 18.2 Å². The molecule has 82 valence electrons. The molecule has 15 heavy (non-hydrogen) atoms. The lowest BCUT2D eigenvalue weighted by atomic mass is 9.91. The second-order valence-corrected chi connectivity index (χ2v) is 3.10. The maximum atomic E-state index is 13.4. The van der Waals surface area contributed by atoms with Gasteiger partial charge in [0.2, 0.25) is 0 Å². The van der Waals surface area contributed by atoms with E-state index in [2.05, 4.69) is 4.74 Å². The second kappa shape index (κ2) is 4.37. The van der Waals surface area contributed by atoms with Crippen LogP contribution < -0.4 is 5.73 Å². The Labute approximate surface area is 86.5 Å². The highest BCUT2D eigenvalue weighted by atomic mass is 19.1. The number of carbonyl (C=O) groups excluding carboxylic acids is 1. The molecule has 5 heteroatoms. The Kier molecular flexibility index (Phi) is 3.39. The zero-order chi connectivity index (χ0) is 11.5. The van der Waals surface area contributed by atoms with Crippen LogP contribution in [0, 0.1) is 5.82 Å². The molecule has 0 aliphatic heterocycles. The molecule has 0 saturated carbocycles. The summed E-state index contributed by atoms with van der Waals surface area (Å²) in [5.41, 5.74) is 3.68. The zero-order valence-electron chi connectivity index (χ0n) is 8.24. The van der Waals surface area contributed by atoms with Crippen molar-refractivity contribution in [2.24, 2.45) is 5.73 Å². The summed E-state index contributed by atoms with van der Waals surface area (Å²) in [6.07, 6.45) is 0. The molecule has 0 saturated heterocycles. The fraction of sp³-hybridized carbons (Fsp3) is 0.300. The van der Waals surface area contributed by atoms with Gasteiger partial charge in [-0.15, -0.1) is 0 Å². The van der Waals surface area contributed by atoms with Gasteiger partial charge in [0, 0.05) is 5.56 Å². The quantitative estimate of drug-likeness (QED) is 0.701. The number of halogens is 1. The first-order chi connectivity index (χ1) is 7.06. The monoisotopic (exact) mass is 213 g/mol. The summed E-state index contributed by atoms with van der Waals surface area (Å²) in [6, 6.07) is 5.49. The lowest BCUT2D eigenvalue weighted by Gasteiger charge is -2.24. The van der Waals surface area contributed by atoms with E-state index in [-0.39, 0.29) is 5.56 Å². The van der Waals surface area contributed by atoms with Gasteiger partial charge in [-0.1, -0.05) is 18.2 Å². The van der Waals surface area contributed by atoms with E-state index < -0.39 is 23.9 Å². The maximum Gasteiger partial charge on any atom is 0.333 e. The Hall–Kier alpha value is -1.46. The summed E-state index contributed by atoms with van der Waals surface area (Å²) in [6.45, 7) is -0.722. The smallest absolute Gasteiger partial charge is 0.333 e. The minimum atomic E-state index is -1.85. The molecule has 0 amide bonds. The van der Waals surface area contributed by atoms with E-state index in [4.69, 9.17) is 10.8 Å². The van der Waals surface area contributed by atoms with Crippen molar-refractivity contribution in [2.75, 3.05) is 13.7 Å². The molecule has 1 atom stereocenters. The molecule has 0 fully saturated rings. The van der Waals surface area contributed by atoms with Gasteiger partial charge < -0.3 is 15.6 Å². The highest BCUT2D eigenvalue weighted by Crippen LogP contribution is 2.22. The van der Waals surface area contributed by atoms with Crippen molar-refractivity contribution < 1.29 is 19.0 Å². The lowest BCUT2D eigenvalue weighted by Crippen LogP contribution is -2.49. The largest absolute Gasteiger partial charge is 0.467 e. The number of benzene rings is 1. The number of rotatable bonds is 3. The molecule has 0 radical (unpaired) electrons. The van der Waals surface area contributed by atoms with Crippen LogP contribution in [0.25, 0.3) is 0 Å². The zero-order valence-corrected chi connectivity index (χ0v) is 8.24. The lowest BCUT2D eigenvalue weighted by molar-refractivity contribution is -0.149. The van der Waals surface area contributed by atoms with Gasteiger partial charge in [-0.3, -0.25) is 0 Å². The number of nitrogens with two attached hydrogens (primary N) is 1. The Balaban J connectivity index is 3.23. The minimum absolute atomic E-state index is 0.0839. The van der Waals surface area contributed by atoms with Crippen molar-refractivity contribution in [3.63, 3.8) is 0 Å². The first-order valence-corrected chi connectivity index (χ1v) is 4.29. The second-order valence-electron chi connectivity index (χ2n) is 3.10. The number of ether oxygens (including phenoxy) is 1. The van der Waals surface area contributed by atoms with E-state index in [1.807, 2.05) is 0 Å². The van der Waals surface area contributed by atoms with Crippen LogP contribution in [0.2, 0.25) is 0 Å². The van der Waals surface area contributed by atoms with Crippen molar-refractivity contribution >= 4 is 5.97 Å². The molecule has 0 aliphatic carbocycles. The van der Waals surface area contributed by atoms with Gasteiger partial charge in [0.25, 0.3) is 0 Å². The fourth-order valence-corrected chi connectivity index (χ4v) is 1.26. The van der Waals surface area contributed by atoms with Gasteiger partial charge in [-0.05, 0) is 6.07 Å². The number of esters is 1. The molecule has 1 rings (SSSR count). The number of hydrogen-bond acceptors (Lipinski definition) is 4. The number of aliphatic hydroxyl groups is 1. The Bertz CT molecular complexity index is 369. The standard InChI is InChI=1S/C10H12FNO3/c1-15-9(14)10(12,6-13)7-4-2-3-5-8(7)11/h2-5,13H,6,12H2,1H3. The van der Waals surface area contributed by atoms with Crippen LogP contribution in [0.15, 0.2) is 24.3 Å². The molecule has 0 bridgehead atoms. The Morgan fingerprint density at radius 1 is 1.60 bits per heavy atom. The first-order valence-electron chi connectivity index (χ1n) is 4.29. The summed E-state index contributed by atoms with van der Waals surface area (Å²) in [5.74, 6) is -1.53. The summed E-state index contributed by atoms with van der Waals surface area (Å²) in [5, 5.41) is 9.07. The molecule has 1 unspecified atom stereocenters. The Morgan fingerprint density at radius 3 is 2.67 bits per heavy atom. The molecule has 0 spiro atoms. The van der Waals surface area contributed by atoms with Gasteiger partial charge >= 0.3 is 5.97 Å². The van der Waals surface area contributed by atoms with Gasteiger partial charge in [0.1, 0.15) is 5.82 Å². The molecule has 4 nitrogen and oxygen atoms in total. The molecule has 0 aliphatic rings. The molecule has 0 aromatic heterocycles. The van der Waals surface area contributed by atoms with Gasteiger partial charge in [0.05, 0.1) is 13.7 Å². The third-order valence-electron chi connectivity index (χ3n) is 2.15.